The number of likely N-dealkylation sites (tertiary alicyclic amines) is 1. The molecule has 2 aliphatic rings. The molecule has 2 atom stereocenters. The van der Waals surface area contributed by atoms with E-state index >= 15 is 0 Å². The predicted octanol–water partition coefficient (Wildman–Crippen LogP) is 2.38. The molecule has 2 unspecified atom stereocenters. The highest BCUT2D eigenvalue weighted by atomic mass is 32.1. The smallest absolute Gasteiger partial charge is 0.250 e. The molecule has 1 aromatic heterocycles. The summed E-state index contributed by atoms with van der Waals surface area (Å²) in [5.41, 5.74) is 2.62. The van der Waals surface area contributed by atoms with Gasteiger partial charge in [0.1, 0.15) is 0 Å². The molecule has 1 fully saturated rings. The molecule has 4 nitrogen and oxygen atoms in total. The van der Waals surface area contributed by atoms with Gasteiger partial charge in [0, 0.05) is 43.9 Å². The van der Waals surface area contributed by atoms with Crippen molar-refractivity contribution in [3.8, 4) is 0 Å². The Morgan fingerprint density at radius 2 is 1.92 bits per heavy atom. The number of aromatic nitrogens is 1. The van der Waals surface area contributed by atoms with Crippen LogP contribution < -0.4 is 10.9 Å². The highest BCUT2D eigenvalue weighted by Gasteiger charge is 2.35. The standard InChI is InChI=1S/C20H23N3OS/c24-19-8-4-7-18-17-11-16(13-23(18)19)12-22(14-17)20(25)21-10-9-15-5-2-1-3-6-15/h1-8,16-17H,9-14H2,(H,21,25). The molecular weight excluding hydrogens is 330 g/mol. The summed E-state index contributed by atoms with van der Waals surface area (Å²) in [7, 11) is 0. The first-order valence-electron chi connectivity index (χ1n) is 8.97. The Kier molecular flexibility index (Phi) is 4.57. The fourth-order valence-corrected chi connectivity index (χ4v) is 4.38. The molecule has 2 aliphatic heterocycles. The summed E-state index contributed by atoms with van der Waals surface area (Å²) in [5.74, 6) is 0.899. The topological polar surface area (TPSA) is 37.3 Å². The van der Waals surface area contributed by atoms with Gasteiger partial charge in [0.25, 0.3) is 5.56 Å². The van der Waals surface area contributed by atoms with Crippen LogP contribution in [0.5, 0.6) is 0 Å². The van der Waals surface area contributed by atoms with Crippen molar-refractivity contribution in [3.63, 3.8) is 0 Å². The van der Waals surface area contributed by atoms with Crippen LogP contribution in [0.2, 0.25) is 0 Å². The lowest BCUT2D eigenvalue weighted by Gasteiger charge is -2.43. The van der Waals surface area contributed by atoms with E-state index in [1.54, 1.807) is 6.07 Å². The highest BCUT2D eigenvalue weighted by Crippen LogP contribution is 2.34. The van der Waals surface area contributed by atoms with Crippen molar-refractivity contribution in [1.82, 2.24) is 14.8 Å². The van der Waals surface area contributed by atoms with Gasteiger partial charge in [-0.1, -0.05) is 36.4 Å². The summed E-state index contributed by atoms with van der Waals surface area (Å²) in [6.45, 7) is 3.50. The Labute approximate surface area is 153 Å². The number of hydrogen-bond donors (Lipinski definition) is 1. The number of hydrogen-bond acceptors (Lipinski definition) is 2. The molecule has 1 N–H and O–H groups in total. The number of benzene rings is 1. The maximum Gasteiger partial charge on any atom is 0.250 e. The normalized spacial score (nSPS) is 21.5. The van der Waals surface area contributed by atoms with Gasteiger partial charge in [-0.05, 0) is 42.6 Å². The monoisotopic (exact) mass is 353 g/mol. The Balaban J connectivity index is 1.38. The minimum Gasteiger partial charge on any atom is -0.362 e. The SMILES string of the molecule is O=c1cccc2n1CC1CC2CN(C(=S)NCCc2ccccc2)C1. The van der Waals surface area contributed by atoms with Crippen molar-refractivity contribution >= 4 is 17.3 Å². The van der Waals surface area contributed by atoms with Crippen LogP contribution in [-0.2, 0) is 13.0 Å². The number of rotatable bonds is 3. The summed E-state index contributed by atoms with van der Waals surface area (Å²) in [4.78, 5) is 14.4. The lowest BCUT2D eigenvalue weighted by atomic mass is 9.83. The second-order valence-corrected chi connectivity index (χ2v) is 7.46. The van der Waals surface area contributed by atoms with Crippen LogP contribution in [0.1, 0.15) is 23.6 Å². The Bertz CT molecular complexity index is 817. The molecule has 3 heterocycles. The van der Waals surface area contributed by atoms with Crippen LogP contribution in [0.15, 0.2) is 53.3 Å². The maximum atomic E-state index is 12.1. The van der Waals surface area contributed by atoms with E-state index in [-0.39, 0.29) is 5.56 Å². The van der Waals surface area contributed by atoms with E-state index in [0.717, 1.165) is 44.1 Å². The van der Waals surface area contributed by atoms with E-state index in [1.165, 1.54) is 11.3 Å². The quantitative estimate of drug-likeness (QED) is 0.860. The van der Waals surface area contributed by atoms with Crippen LogP contribution in [0.3, 0.4) is 0 Å². The molecule has 5 heteroatoms. The van der Waals surface area contributed by atoms with Crippen molar-refractivity contribution in [2.45, 2.75) is 25.3 Å². The van der Waals surface area contributed by atoms with Crippen LogP contribution in [-0.4, -0.2) is 34.2 Å². The van der Waals surface area contributed by atoms with Crippen molar-refractivity contribution < 1.29 is 0 Å². The summed E-state index contributed by atoms with van der Waals surface area (Å²) >= 11 is 5.64. The zero-order valence-corrected chi connectivity index (χ0v) is 15.0. The number of pyridine rings is 1. The van der Waals surface area contributed by atoms with Crippen LogP contribution in [0, 0.1) is 5.92 Å². The first-order valence-corrected chi connectivity index (χ1v) is 9.38. The van der Waals surface area contributed by atoms with Crippen molar-refractivity contribution in [3.05, 3.63) is 70.1 Å². The Hall–Kier alpha value is -2.14. The second kappa shape index (κ2) is 7.00. The van der Waals surface area contributed by atoms with Gasteiger partial charge in [-0.15, -0.1) is 0 Å². The van der Waals surface area contributed by atoms with Crippen LogP contribution in [0.4, 0.5) is 0 Å². The predicted molar refractivity (Wildman–Crippen MR) is 104 cm³/mol. The van der Waals surface area contributed by atoms with Gasteiger partial charge in [0.15, 0.2) is 5.11 Å². The van der Waals surface area contributed by atoms with Gasteiger partial charge in [-0.3, -0.25) is 4.79 Å². The number of nitrogens with zero attached hydrogens (tertiary/aromatic N) is 2. The molecule has 2 bridgehead atoms. The molecule has 130 valence electrons. The largest absolute Gasteiger partial charge is 0.362 e. The third kappa shape index (κ3) is 3.47. The molecule has 0 radical (unpaired) electrons. The highest BCUT2D eigenvalue weighted by molar-refractivity contribution is 7.80. The van der Waals surface area contributed by atoms with Crippen LogP contribution >= 0.6 is 12.2 Å². The summed E-state index contributed by atoms with van der Waals surface area (Å²) in [6.07, 6.45) is 2.13. The lowest BCUT2D eigenvalue weighted by Crippen LogP contribution is -2.52. The Morgan fingerprint density at radius 3 is 2.76 bits per heavy atom. The third-order valence-corrected chi connectivity index (χ3v) is 5.70. The first kappa shape index (κ1) is 16.3. The molecule has 2 aromatic rings. The van der Waals surface area contributed by atoms with E-state index in [1.807, 2.05) is 16.7 Å². The summed E-state index contributed by atoms with van der Waals surface area (Å²) < 4.78 is 1.96. The number of piperidine rings is 1. The molecule has 0 saturated carbocycles. The average molecular weight is 353 g/mol. The molecule has 0 spiro atoms. The van der Waals surface area contributed by atoms with Crippen molar-refractivity contribution in [2.75, 3.05) is 19.6 Å². The van der Waals surface area contributed by atoms with E-state index in [0.29, 0.717) is 11.8 Å². The average Bonchev–Trinajstić information content (AvgIpc) is 2.63. The van der Waals surface area contributed by atoms with Gasteiger partial charge in [-0.2, -0.15) is 0 Å². The van der Waals surface area contributed by atoms with Crippen LogP contribution in [0.25, 0.3) is 0 Å². The number of nitrogens with one attached hydrogen (secondary N) is 1. The zero-order chi connectivity index (χ0) is 17.2. The molecule has 25 heavy (non-hydrogen) atoms. The molecule has 1 aromatic carbocycles. The Morgan fingerprint density at radius 1 is 1.08 bits per heavy atom. The number of fused-ring (bicyclic) bond motifs is 4. The van der Waals surface area contributed by atoms with E-state index in [9.17, 15) is 4.79 Å². The number of thiocarbonyl (C=S) groups is 1. The first-order chi connectivity index (χ1) is 12.2. The van der Waals surface area contributed by atoms with Gasteiger partial charge in [0.05, 0.1) is 0 Å². The zero-order valence-electron chi connectivity index (χ0n) is 14.2. The molecule has 4 rings (SSSR count). The third-order valence-electron chi connectivity index (χ3n) is 5.30. The van der Waals surface area contributed by atoms with E-state index in [4.69, 9.17) is 12.2 Å². The van der Waals surface area contributed by atoms with Gasteiger partial charge >= 0.3 is 0 Å². The fourth-order valence-electron chi connectivity index (χ4n) is 4.13. The van der Waals surface area contributed by atoms with Crippen molar-refractivity contribution in [2.24, 2.45) is 5.92 Å². The fraction of sp³-hybridized carbons (Fsp3) is 0.400. The van der Waals surface area contributed by atoms with E-state index in [2.05, 4.69) is 40.5 Å². The molecule has 0 amide bonds. The van der Waals surface area contributed by atoms with Gasteiger partial charge in [-0.25, -0.2) is 0 Å². The van der Waals surface area contributed by atoms with Gasteiger partial charge < -0.3 is 14.8 Å². The minimum atomic E-state index is 0.129. The minimum absolute atomic E-state index is 0.129. The second-order valence-electron chi connectivity index (χ2n) is 7.07. The summed E-state index contributed by atoms with van der Waals surface area (Å²) in [6, 6.07) is 16.1. The van der Waals surface area contributed by atoms with Crippen molar-refractivity contribution in [1.29, 1.82) is 0 Å². The lowest BCUT2D eigenvalue weighted by molar-refractivity contribution is 0.177. The molecular formula is C20H23N3OS. The van der Waals surface area contributed by atoms with E-state index < -0.39 is 0 Å². The molecule has 0 aliphatic carbocycles. The summed E-state index contributed by atoms with van der Waals surface area (Å²) in [5, 5.41) is 4.26. The molecule has 1 saturated heterocycles. The maximum absolute atomic E-state index is 12.1. The van der Waals surface area contributed by atoms with Gasteiger partial charge in [0.2, 0.25) is 0 Å².